The van der Waals surface area contributed by atoms with E-state index in [9.17, 15) is 19.5 Å². The van der Waals surface area contributed by atoms with E-state index < -0.39 is 23.8 Å². The van der Waals surface area contributed by atoms with Gasteiger partial charge in [0.05, 0.1) is 19.6 Å². The highest BCUT2D eigenvalue weighted by molar-refractivity contribution is 5.80. The molecule has 0 unspecified atom stereocenters. The van der Waals surface area contributed by atoms with Crippen molar-refractivity contribution in [1.82, 2.24) is 14.7 Å². The Morgan fingerprint density at radius 1 is 1.25 bits per heavy atom. The SMILES string of the molecule is CCCCN(CCN)C(=O)CN1C[C@H](c2cc(OC)c3c(c2)OCO3)[C@@H](C(=O)O)[C@@H]1CCN1CC(C)(C)CC1=O. The van der Waals surface area contributed by atoms with Gasteiger partial charge in [-0.15, -0.1) is 0 Å². The molecule has 2 amide bonds. The van der Waals surface area contributed by atoms with E-state index >= 15 is 0 Å². The third-order valence-corrected chi connectivity index (χ3v) is 8.31. The van der Waals surface area contributed by atoms with Crippen LogP contribution in [-0.4, -0.2) is 103 Å². The summed E-state index contributed by atoms with van der Waals surface area (Å²) in [6.45, 7) is 9.27. The molecule has 222 valence electrons. The number of amides is 2. The Kier molecular flexibility index (Phi) is 9.45. The maximum atomic E-state index is 13.5. The first-order valence-corrected chi connectivity index (χ1v) is 14.3. The van der Waals surface area contributed by atoms with Gasteiger partial charge in [0.25, 0.3) is 0 Å². The summed E-state index contributed by atoms with van der Waals surface area (Å²) in [6.07, 6.45) is 2.76. The van der Waals surface area contributed by atoms with Crippen LogP contribution < -0.4 is 19.9 Å². The predicted octanol–water partition coefficient (Wildman–Crippen LogP) is 2.13. The molecule has 0 radical (unpaired) electrons. The Balaban J connectivity index is 1.63. The topological polar surface area (TPSA) is 135 Å². The highest BCUT2D eigenvalue weighted by Crippen LogP contribution is 2.47. The molecule has 11 heteroatoms. The lowest BCUT2D eigenvalue weighted by atomic mass is 9.84. The summed E-state index contributed by atoms with van der Waals surface area (Å²) in [5.41, 5.74) is 6.45. The average molecular weight is 561 g/mol. The van der Waals surface area contributed by atoms with Crippen molar-refractivity contribution < 1.29 is 33.7 Å². The lowest BCUT2D eigenvalue weighted by molar-refractivity contribution is -0.144. The maximum absolute atomic E-state index is 13.5. The summed E-state index contributed by atoms with van der Waals surface area (Å²) in [5, 5.41) is 10.5. The Bertz CT molecular complexity index is 1090. The van der Waals surface area contributed by atoms with Crippen molar-refractivity contribution in [3.63, 3.8) is 0 Å². The minimum Gasteiger partial charge on any atom is -0.493 e. The van der Waals surface area contributed by atoms with Crippen LogP contribution in [0.25, 0.3) is 0 Å². The molecule has 3 aliphatic heterocycles. The monoisotopic (exact) mass is 560 g/mol. The molecule has 3 N–H and O–H groups in total. The number of fused-ring (bicyclic) bond motifs is 1. The molecule has 40 heavy (non-hydrogen) atoms. The Hall–Kier alpha value is -3.05. The molecule has 11 nitrogen and oxygen atoms in total. The smallest absolute Gasteiger partial charge is 0.308 e. The second-order valence-electron chi connectivity index (χ2n) is 11.9. The number of carboxylic acids is 1. The molecular formula is C29H44N4O7. The van der Waals surface area contributed by atoms with Crippen molar-refractivity contribution in [3.05, 3.63) is 17.7 Å². The fraction of sp³-hybridized carbons (Fsp3) is 0.690. The normalized spacial score (nSPS) is 23.6. The van der Waals surface area contributed by atoms with Crippen LogP contribution in [0.2, 0.25) is 0 Å². The van der Waals surface area contributed by atoms with Gasteiger partial charge in [-0.3, -0.25) is 19.3 Å². The van der Waals surface area contributed by atoms with Crippen molar-refractivity contribution in [2.45, 2.75) is 58.4 Å². The van der Waals surface area contributed by atoms with E-state index in [0.29, 0.717) is 69.4 Å². The molecule has 0 bridgehead atoms. The zero-order valence-electron chi connectivity index (χ0n) is 24.2. The summed E-state index contributed by atoms with van der Waals surface area (Å²) < 4.78 is 16.7. The van der Waals surface area contributed by atoms with Crippen LogP contribution >= 0.6 is 0 Å². The van der Waals surface area contributed by atoms with Gasteiger partial charge in [-0.1, -0.05) is 27.2 Å². The second-order valence-corrected chi connectivity index (χ2v) is 11.9. The van der Waals surface area contributed by atoms with Gasteiger partial charge in [0, 0.05) is 57.6 Å². The lowest BCUT2D eigenvalue weighted by Gasteiger charge is -2.31. The Labute approximate surface area is 236 Å². The number of nitrogens with two attached hydrogens (primary N) is 1. The number of rotatable bonds is 13. The van der Waals surface area contributed by atoms with E-state index in [1.165, 1.54) is 7.11 Å². The van der Waals surface area contributed by atoms with Crippen molar-refractivity contribution >= 4 is 17.8 Å². The predicted molar refractivity (Wildman–Crippen MR) is 148 cm³/mol. The van der Waals surface area contributed by atoms with E-state index in [1.54, 1.807) is 4.90 Å². The minimum absolute atomic E-state index is 0.0599. The number of likely N-dealkylation sites (tertiary alicyclic amines) is 2. The van der Waals surface area contributed by atoms with Gasteiger partial charge in [-0.2, -0.15) is 0 Å². The van der Waals surface area contributed by atoms with Crippen LogP contribution in [0.5, 0.6) is 17.2 Å². The summed E-state index contributed by atoms with van der Waals surface area (Å²) in [4.78, 5) is 44.6. The van der Waals surface area contributed by atoms with Crippen LogP contribution in [0.15, 0.2) is 12.1 Å². The van der Waals surface area contributed by atoms with Crippen LogP contribution in [0, 0.1) is 11.3 Å². The van der Waals surface area contributed by atoms with E-state index in [2.05, 4.69) is 20.8 Å². The van der Waals surface area contributed by atoms with Crippen LogP contribution in [-0.2, 0) is 14.4 Å². The molecule has 3 heterocycles. The van der Waals surface area contributed by atoms with Gasteiger partial charge in [0.15, 0.2) is 11.5 Å². The number of methoxy groups -OCH3 is 1. The maximum Gasteiger partial charge on any atom is 0.308 e. The number of aliphatic carboxylic acids is 1. The van der Waals surface area contributed by atoms with Gasteiger partial charge in [-0.25, -0.2) is 0 Å². The summed E-state index contributed by atoms with van der Waals surface area (Å²) in [5.74, 6) is -0.603. The van der Waals surface area contributed by atoms with Gasteiger partial charge in [0.2, 0.25) is 24.4 Å². The van der Waals surface area contributed by atoms with Crippen molar-refractivity contribution in [2.75, 3.05) is 59.7 Å². The number of hydrogen-bond acceptors (Lipinski definition) is 8. The molecule has 1 aromatic carbocycles. The fourth-order valence-corrected chi connectivity index (χ4v) is 6.37. The van der Waals surface area contributed by atoms with Crippen molar-refractivity contribution in [3.8, 4) is 17.2 Å². The first-order valence-electron chi connectivity index (χ1n) is 14.3. The molecule has 0 saturated carbocycles. The molecule has 3 aliphatic rings. The van der Waals surface area contributed by atoms with Gasteiger partial charge in [-0.05, 0) is 36.0 Å². The van der Waals surface area contributed by atoms with E-state index in [4.69, 9.17) is 19.9 Å². The molecule has 3 atom stereocenters. The quantitative estimate of drug-likeness (QED) is 0.372. The number of carbonyl (C=O) groups is 3. The highest BCUT2D eigenvalue weighted by Gasteiger charge is 2.48. The van der Waals surface area contributed by atoms with E-state index in [1.807, 2.05) is 21.9 Å². The largest absolute Gasteiger partial charge is 0.493 e. The fourth-order valence-electron chi connectivity index (χ4n) is 6.37. The standard InChI is InChI=1S/C29H44N4O7/c1-5-6-9-31(11-8-30)25(35)16-33-15-20(19-12-22(38-4)27-23(13-19)39-18-40-27)26(28(36)37)21(33)7-10-32-17-29(2,3)14-24(32)34/h12-13,20-21,26H,5-11,14-18,30H2,1-4H3,(H,36,37)/t20-,21+,26-/m1/s1. The van der Waals surface area contributed by atoms with Crippen LogP contribution in [0.1, 0.15) is 57.9 Å². The Morgan fingerprint density at radius 2 is 2.02 bits per heavy atom. The van der Waals surface area contributed by atoms with Crippen LogP contribution in [0.4, 0.5) is 0 Å². The molecule has 2 saturated heterocycles. The third-order valence-electron chi connectivity index (χ3n) is 8.31. The number of ether oxygens (including phenoxy) is 3. The highest BCUT2D eigenvalue weighted by atomic mass is 16.7. The molecule has 0 aromatic heterocycles. The number of carboxylic acid groups (broad SMARTS) is 1. The summed E-state index contributed by atoms with van der Waals surface area (Å²) >= 11 is 0. The minimum atomic E-state index is -0.931. The van der Waals surface area contributed by atoms with Crippen LogP contribution in [0.3, 0.4) is 0 Å². The molecular weight excluding hydrogens is 516 g/mol. The summed E-state index contributed by atoms with van der Waals surface area (Å²) in [7, 11) is 1.54. The number of benzene rings is 1. The van der Waals surface area contributed by atoms with Gasteiger partial charge >= 0.3 is 5.97 Å². The second kappa shape index (κ2) is 12.6. The number of carbonyl (C=O) groups excluding carboxylic acids is 2. The number of hydrogen-bond donors (Lipinski definition) is 2. The Morgan fingerprint density at radius 3 is 2.65 bits per heavy atom. The first-order chi connectivity index (χ1) is 19.1. The lowest BCUT2D eigenvalue weighted by Crippen LogP contribution is -2.46. The van der Waals surface area contributed by atoms with E-state index in [-0.39, 0.29) is 30.6 Å². The van der Waals surface area contributed by atoms with Gasteiger partial charge < -0.3 is 34.9 Å². The zero-order chi connectivity index (χ0) is 29.0. The van der Waals surface area contributed by atoms with E-state index in [0.717, 1.165) is 18.4 Å². The molecule has 1 aromatic rings. The molecule has 4 rings (SSSR count). The number of nitrogens with zero attached hydrogens (tertiary/aromatic N) is 3. The van der Waals surface area contributed by atoms with Crippen molar-refractivity contribution in [1.29, 1.82) is 0 Å². The molecule has 0 aliphatic carbocycles. The average Bonchev–Trinajstić information content (AvgIpc) is 3.59. The molecule has 0 spiro atoms. The molecule has 2 fully saturated rings. The zero-order valence-corrected chi connectivity index (χ0v) is 24.2. The number of unbranched alkanes of at least 4 members (excludes halogenated alkanes) is 1. The first kappa shape index (κ1) is 29.9. The third kappa shape index (κ3) is 6.46. The van der Waals surface area contributed by atoms with Crippen molar-refractivity contribution in [2.24, 2.45) is 17.1 Å². The van der Waals surface area contributed by atoms with Gasteiger partial charge in [0.1, 0.15) is 0 Å². The summed E-state index contributed by atoms with van der Waals surface area (Å²) in [6, 6.07) is 3.19.